The highest BCUT2D eigenvalue weighted by atomic mass is 19.4. The maximum absolute atomic E-state index is 12.2. The standard InChI is InChI=1S/C10H19F3N2O/c1-4-8(14)9(16)15(5-7(2)3)6-10(11,12)13/h7-8H,4-6,14H2,1-3H3/t8-/m1/s1. The average molecular weight is 240 g/mol. The topological polar surface area (TPSA) is 46.3 Å². The fourth-order valence-electron chi connectivity index (χ4n) is 1.30. The van der Waals surface area contributed by atoms with Crippen LogP contribution in [0, 0.1) is 5.92 Å². The molecule has 0 aromatic carbocycles. The molecule has 0 saturated carbocycles. The molecule has 6 heteroatoms. The molecule has 16 heavy (non-hydrogen) atoms. The number of nitrogens with zero attached hydrogens (tertiary/aromatic N) is 1. The Kier molecular flexibility index (Phi) is 5.78. The first kappa shape index (κ1) is 15.2. The van der Waals surface area contributed by atoms with Crippen LogP contribution in [0.25, 0.3) is 0 Å². The Balaban J connectivity index is 4.60. The summed E-state index contributed by atoms with van der Waals surface area (Å²) in [5, 5.41) is 0. The number of halogens is 3. The van der Waals surface area contributed by atoms with E-state index in [1.807, 2.05) is 0 Å². The molecule has 0 unspecified atom stereocenters. The second-order valence-electron chi connectivity index (χ2n) is 4.24. The van der Waals surface area contributed by atoms with Gasteiger partial charge in [0.05, 0.1) is 6.04 Å². The van der Waals surface area contributed by atoms with Crippen LogP contribution in [0.1, 0.15) is 27.2 Å². The van der Waals surface area contributed by atoms with Gasteiger partial charge in [0.2, 0.25) is 5.91 Å². The maximum Gasteiger partial charge on any atom is 0.406 e. The van der Waals surface area contributed by atoms with Crippen molar-refractivity contribution in [2.75, 3.05) is 13.1 Å². The Morgan fingerprint density at radius 3 is 2.19 bits per heavy atom. The van der Waals surface area contributed by atoms with Gasteiger partial charge in [0.15, 0.2) is 0 Å². The van der Waals surface area contributed by atoms with Crippen molar-refractivity contribution in [2.24, 2.45) is 11.7 Å². The van der Waals surface area contributed by atoms with E-state index in [-0.39, 0.29) is 12.5 Å². The van der Waals surface area contributed by atoms with Crippen LogP contribution >= 0.6 is 0 Å². The number of nitrogens with two attached hydrogens (primary N) is 1. The summed E-state index contributed by atoms with van der Waals surface area (Å²) in [6.07, 6.45) is -4.04. The van der Waals surface area contributed by atoms with Crippen LogP contribution in [0.15, 0.2) is 0 Å². The molecule has 0 aliphatic rings. The van der Waals surface area contributed by atoms with E-state index in [1.54, 1.807) is 20.8 Å². The van der Waals surface area contributed by atoms with Gasteiger partial charge in [0, 0.05) is 6.54 Å². The Hall–Kier alpha value is -0.780. The van der Waals surface area contributed by atoms with E-state index >= 15 is 0 Å². The number of amides is 1. The van der Waals surface area contributed by atoms with Crippen LogP contribution in [-0.4, -0.2) is 36.1 Å². The number of carbonyl (C=O) groups excluding carboxylic acids is 1. The summed E-state index contributed by atoms with van der Waals surface area (Å²) in [6.45, 7) is 4.04. The van der Waals surface area contributed by atoms with Crippen molar-refractivity contribution in [2.45, 2.75) is 39.4 Å². The van der Waals surface area contributed by atoms with Gasteiger partial charge >= 0.3 is 6.18 Å². The average Bonchev–Trinajstić information content (AvgIpc) is 2.11. The van der Waals surface area contributed by atoms with E-state index in [4.69, 9.17) is 5.73 Å². The predicted molar refractivity (Wildman–Crippen MR) is 55.7 cm³/mol. The normalized spacial score (nSPS) is 14.0. The van der Waals surface area contributed by atoms with E-state index in [2.05, 4.69) is 0 Å². The second-order valence-corrected chi connectivity index (χ2v) is 4.24. The Morgan fingerprint density at radius 2 is 1.88 bits per heavy atom. The van der Waals surface area contributed by atoms with E-state index < -0.39 is 24.7 Å². The molecule has 0 bridgehead atoms. The van der Waals surface area contributed by atoms with Gasteiger partial charge < -0.3 is 10.6 Å². The molecule has 96 valence electrons. The molecular formula is C10H19F3N2O. The first-order valence-corrected chi connectivity index (χ1v) is 5.28. The fraction of sp³-hybridized carbons (Fsp3) is 0.900. The summed E-state index contributed by atoms with van der Waals surface area (Å²) in [5.41, 5.74) is 5.45. The first-order valence-electron chi connectivity index (χ1n) is 5.28. The molecule has 2 N–H and O–H groups in total. The van der Waals surface area contributed by atoms with Crippen molar-refractivity contribution in [3.8, 4) is 0 Å². The summed E-state index contributed by atoms with van der Waals surface area (Å²) in [7, 11) is 0. The highest BCUT2D eigenvalue weighted by Crippen LogP contribution is 2.18. The molecule has 0 saturated heterocycles. The summed E-state index contributed by atoms with van der Waals surface area (Å²) in [4.78, 5) is 12.4. The third-order valence-corrected chi connectivity index (χ3v) is 2.02. The highest BCUT2D eigenvalue weighted by Gasteiger charge is 2.34. The number of carbonyl (C=O) groups is 1. The molecule has 1 amide bonds. The zero-order valence-corrected chi connectivity index (χ0v) is 9.84. The summed E-state index contributed by atoms with van der Waals surface area (Å²) < 4.78 is 36.7. The lowest BCUT2D eigenvalue weighted by molar-refractivity contribution is -0.163. The van der Waals surface area contributed by atoms with E-state index in [1.165, 1.54) is 0 Å². The van der Waals surface area contributed by atoms with E-state index in [0.717, 1.165) is 4.90 Å². The molecule has 0 aromatic rings. The van der Waals surface area contributed by atoms with Crippen LogP contribution in [0.2, 0.25) is 0 Å². The molecule has 0 heterocycles. The lowest BCUT2D eigenvalue weighted by Crippen LogP contribution is -2.48. The molecular weight excluding hydrogens is 221 g/mol. The third-order valence-electron chi connectivity index (χ3n) is 2.02. The fourth-order valence-corrected chi connectivity index (χ4v) is 1.30. The zero-order chi connectivity index (χ0) is 12.9. The summed E-state index contributed by atoms with van der Waals surface area (Å²) >= 11 is 0. The third kappa shape index (κ3) is 5.95. The lowest BCUT2D eigenvalue weighted by Gasteiger charge is -2.27. The molecule has 0 rings (SSSR count). The molecule has 0 aliphatic heterocycles. The summed E-state index contributed by atoms with van der Waals surface area (Å²) in [5.74, 6) is -0.649. The number of hydrogen-bond acceptors (Lipinski definition) is 2. The van der Waals surface area contributed by atoms with Gasteiger partial charge in [-0.1, -0.05) is 20.8 Å². The highest BCUT2D eigenvalue weighted by molar-refractivity contribution is 5.81. The number of rotatable bonds is 5. The molecule has 1 atom stereocenters. The van der Waals surface area contributed by atoms with Crippen molar-refractivity contribution in [1.82, 2.24) is 4.90 Å². The van der Waals surface area contributed by atoms with Crippen LogP contribution in [0.5, 0.6) is 0 Å². The Morgan fingerprint density at radius 1 is 1.38 bits per heavy atom. The van der Waals surface area contributed by atoms with Gasteiger partial charge in [-0.25, -0.2) is 0 Å². The molecule has 0 spiro atoms. The van der Waals surface area contributed by atoms with Gasteiger partial charge in [0.25, 0.3) is 0 Å². The molecule has 0 fully saturated rings. The van der Waals surface area contributed by atoms with Crippen molar-refractivity contribution in [3.63, 3.8) is 0 Å². The molecule has 0 radical (unpaired) electrons. The monoisotopic (exact) mass is 240 g/mol. The van der Waals surface area contributed by atoms with Gasteiger partial charge in [-0.3, -0.25) is 4.79 Å². The molecule has 0 aliphatic carbocycles. The smallest absolute Gasteiger partial charge is 0.332 e. The van der Waals surface area contributed by atoms with Crippen molar-refractivity contribution >= 4 is 5.91 Å². The van der Waals surface area contributed by atoms with Crippen LogP contribution < -0.4 is 5.73 Å². The van der Waals surface area contributed by atoms with Gasteiger partial charge in [-0.05, 0) is 12.3 Å². The van der Waals surface area contributed by atoms with Crippen molar-refractivity contribution in [3.05, 3.63) is 0 Å². The van der Waals surface area contributed by atoms with Gasteiger partial charge in [-0.15, -0.1) is 0 Å². The molecule has 3 nitrogen and oxygen atoms in total. The number of hydrogen-bond donors (Lipinski definition) is 1. The minimum absolute atomic E-state index is 0.0182. The predicted octanol–water partition coefficient (Wildman–Crippen LogP) is 1.77. The minimum Gasteiger partial charge on any atom is -0.332 e. The summed E-state index contributed by atoms with van der Waals surface area (Å²) in [6, 6.07) is -0.846. The van der Waals surface area contributed by atoms with E-state index in [9.17, 15) is 18.0 Å². The van der Waals surface area contributed by atoms with Crippen molar-refractivity contribution < 1.29 is 18.0 Å². The zero-order valence-electron chi connectivity index (χ0n) is 9.84. The van der Waals surface area contributed by atoms with Crippen molar-refractivity contribution in [1.29, 1.82) is 0 Å². The van der Waals surface area contributed by atoms with Gasteiger partial charge in [0.1, 0.15) is 6.54 Å². The van der Waals surface area contributed by atoms with E-state index in [0.29, 0.717) is 6.42 Å². The maximum atomic E-state index is 12.2. The molecule has 0 aromatic heterocycles. The second kappa shape index (κ2) is 6.08. The Labute approximate surface area is 93.8 Å². The van der Waals surface area contributed by atoms with Crippen LogP contribution in [0.3, 0.4) is 0 Å². The number of alkyl halides is 3. The first-order chi connectivity index (χ1) is 7.17. The quantitative estimate of drug-likeness (QED) is 0.796. The van der Waals surface area contributed by atoms with Crippen LogP contribution in [0.4, 0.5) is 13.2 Å². The Bertz CT molecular complexity index is 229. The van der Waals surface area contributed by atoms with Gasteiger partial charge in [-0.2, -0.15) is 13.2 Å². The minimum atomic E-state index is -4.38. The SMILES string of the molecule is CC[C@@H](N)C(=O)N(CC(C)C)CC(F)(F)F. The largest absolute Gasteiger partial charge is 0.406 e. The van der Waals surface area contributed by atoms with Crippen LogP contribution in [-0.2, 0) is 4.79 Å². The lowest BCUT2D eigenvalue weighted by atomic mass is 10.1.